The molecule has 0 saturated carbocycles. The zero-order valence-electron chi connectivity index (χ0n) is 9.82. The highest BCUT2D eigenvalue weighted by molar-refractivity contribution is 5.09. The van der Waals surface area contributed by atoms with Crippen LogP contribution in [0.5, 0.6) is 0 Å². The van der Waals surface area contributed by atoms with Gasteiger partial charge in [0.1, 0.15) is 0 Å². The fourth-order valence-electron chi connectivity index (χ4n) is 2.02. The quantitative estimate of drug-likeness (QED) is 0.753. The van der Waals surface area contributed by atoms with Crippen LogP contribution in [0.3, 0.4) is 0 Å². The van der Waals surface area contributed by atoms with Gasteiger partial charge < -0.3 is 15.5 Å². The molecule has 0 aliphatic carbocycles. The first-order valence-corrected chi connectivity index (χ1v) is 5.86. The molecule has 0 amide bonds. The zero-order valence-corrected chi connectivity index (χ0v) is 9.82. The Hall–Kier alpha value is -0.970. The number of hydrogen-bond donors (Lipinski definition) is 2. The second-order valence-electron chi connectivity index (χ2n) is 4.40. The van der Waals surface area contributed by atoms with Crippen molar-refractivity contribution in [3.8, 4) is 0 Å². The molecule has 1 fully saturated rings. The van der Waals surface area contributed by atoms with Crippen LogP contribution in [0.2, 0.25) is 0 Å². The van der Waals surface area contributed by atoms with Gasteiger partial charge in [-0.3, -0.25) is 4.98 Å². The molecule has 4 heteroatoms. The van der Waals surface area contributed by atoms with Gasteiger partial charge in [-0.1, -0.05) is 0 Å². The van der Waals surface area contributed by atoms with E-state index in [2.05, 4.69) is 27.6 Å². The van der Waals surface area contributed by atoms with E-state index in [1.165, 1.54) is 5.56 Å². The molecule has 1 aliphatic rings. The summed E-state index contributed by atoms with van der Waals surface area (Å²) in [5.74, 6) is 0. The van der Waals surface area contributed by atoms with Crippen LogP contribution in [-0.2, 0) is 6.54 Å². The Morgan fingerprint density at radius 2 is 2.31 bits per heavy atom. The summed E-state index contributed by atoms with van der Waals surface area (Å²) < 4.78 is 0. The van der Waals surface area contributed by atoms with Gasteiger partial charge >= 0.3 is 0 Å². The third-order valence-corrected chi connectivity index (χ3v) is 2.93. The minimum absolute atomic E-state index is 0.570. The van der Waals surface area contributed by atoms with Crippen LogP contribution in [0.1, 0.15) is 5.56 Å². The topological polar surface area (TPSA) is 40.2 Å². The molecular weight excluding hydrogens is 200 g/mol. The number of piperazine rings is 1. The standard InChI is InChI=1S/C12H20N4/c1-16-7-6-15-12(10-16)9-14-8-11-2-4-13-5-3-11/h2-5,12,14-15H,6-10H2,1H3. The van der Waals surface area contributed by atoms with Gasteiger partial charge in [-0.15, -0.1) is 0 Å². The van der Waals surface area contributed by atoms with Gasteiger partial charge in [0.15, 0.2) is 0 Å². The summed E-state index contributed by atoms with van der Waals surface area (Å²) in [4.78, 5) is 6.38. The number of nitrogens with zero attached hydrogens (tertiary/aromatic N) is 2. The van der Waals surface area contributed by atoms with Crippen molar-refractivity contribution < 1.29 is 0 Å². The molecule has 2 rings (SSSR count). The predicted octanol–water partition coefficient (Wildman–Crippen LogP) is 0.0748. The Morgan fingerprint density at radius 1 is 1.50 bits per heavy atom. The maximum absolute atomic E-state index is 4.01. The molecule has 2 N–H and O–H groups in total. The maximum atomic E-state index is 4.01. The van der Waals surface area contributed by atoms with Crippen LogP contribution in [0.25, 0.3) is 0 Å². The minimum Gasteiger partial charge on any atom is -0.311 e. The minimum atomic E-state index is 0.570. The number of nitrogens with one attached hydrogen (secondary N) is 2. The lowest BCUT2D eigenvalue weighted by molar-refractivity contribution is 0.235. The van der Waals surface area contributed by atoms with Gasteiger partial charge in [-0.25, -0.2) is 0 Å². The van der Waals surface area contributed by atoms with Gasteiger partial charge in [-0.05, 0) is 24.7 Å². The molecular formula is C12H20N4. The number of aromatic nitrogens is 1. The number of hydrogen-bond acceptors (Lipinski definition) is 4. The Morgan fingerprint density at radius 3 is 3.06 bits per heavy atom. The van der Waals surface area contributed by atoms with Crippen LogP contribution in [0, 0.1) is 0 Å². The smallest absolute Gasteiger partial charge is 0.0320 e. The van der Waals surface area contributed by atoms with Crippen molar-refractivity contribution in [1.29, 1.82) is 0 Å². The van der Waals surface area contributed by atoms with E-state index in [4.69, 9.17) is 0 Å². The third-order valence-electron chi connectivity index (χ3n) is 2.93. The SMILES string of the molecule is CN1CCNC(CNCc2ccncc2)C1. The fraction of sp³-hybridized carbons (Fsp3) is 0.583. The Kier molecular flexibility index (Phi) is 4.27. The van der Waals surface area contributed by atoms with Gasteiger partial charge in [-0.2, -0.15) is 0 Å². The lowest BCUT2D eigenvalue weighted by Gasteiger charge is -2.31. The summed E-state index contributed by atoms with van der Waals surface area (Å²) in [6, 6.07) is 4.67. The highest BCUT2D eigenvalue weighted by Crippen LogP contribution is 1.97. The summed E-state index contributed by atoms with van der Waals surface area (Å²) in [5, 5.41) is 6.99. The van der Waals surface area contributed by atoms with E-state index in [1.807, 2.05) is 24.5 Å². The molecule has 1 unspecified atom stereocenters. The first-order chi connectivity index (χ1) is 7.84. The average molecular weight is 220 g/mol. The molecule has 4 nitrogen and oxygen atoms in total. The molecule has 0 aromatic carbocycles. The highest BCUT2D eigenvalue weighted by Gasteiger charge is 2.15. The van der Waals surface area contributed by atoms with Crippen LogP contribution in [0.4, 0.5) is 0 Å². The van der Waals surface area contributed by atoms with E-state index in [0.29, 0.717) is 6.04 Å². The van der Waals surface area contributed by atoms with Crippen molar-refractivity contribution in [1.82, 2.24) is 20.5 Å². The first kappa shape index (κ1) is 11.5. The van der Waals surface area contributed by atoms with Crippen molar-refractivity contribution in [2.24, 2.45) is 0 Å². The van der Waals surface area contributed by atoms with Crippen LogP contribution in [0.15, 0.2) is 24.5 Å². The van der Waals surface area contributed by atoms with E-state index in [1.54, 1.807) is 0 Å². The zero-order chi connectivity index (χ0) is 11.2. The van der Waals surface area contributed by atoms with Crippen molar-refractivity contribution in [3.05, 3.63) is 30.1 Å². The second-order valence-corrected chi connectivity index (χ2v) is 4.40. The third kappa shape index (κ3) is 3.56. The first-order valence-electron chi connectivity index (χ1n) is 5.86. The summed E-state index contributed by atoms with van der Waals surface area (Å²) in [6.07, 6.45) is 3.67. The molecule has 16 heavy (non-hydrogen) atoms. The van der Waals surface area contributed by atoms with Gasteiger partial charge in [0.05, 0.1) is 0 Å². The van der Waals surface area contributed by atoms with Crippen molar-refractivity contribution in [2.75, 3.05) is 33.2 Å². The van der Waals surface area contributed by atoms with Crippen molar-refractivity contribution in [3.63, 3.8) is 0 Å². The van der Waals surface area contributed by atoms with Gasteiger partial charge in [0.2, 0.25) is 0 Å². The van der Waals surface area contributed by atoms with E-state index in [0.717, 1.165) is 32.7 Å². The second kappa shape index (κ2) is 5.94. The van der Waals surface area contributed by atoms with Crippen molar-refractivity contribution in [2.45, 2.75) is 12.6 Å². The number of likely N-dealkylation sites (N-methyl/N-ethyl adjacent to an activating group) is 1. The largest absolute Gasteiger partial charge is 0.311 e. The van der Waals surface area contributed by atoms with Gasteiger partial charge in [0.25, 0.3) is 0 Å². The van der Waals surface area contributed by atoms with Crippen molar-refractivity contribution >= 4 is 0 Å². The molecule has 1 saturated heterocycles. The van der Waals surface area contributed by atoms with E-state index >= 15 is 0 Å². The summed E-state index contributed by atoms with van der Waals surface area (Å²) in [7, 11) is 2.18. The highest BCUT2D eigenvalue weighted by atomic mass is 15.2. The average Bonchev–Trinajstić information content (AvgIpc) is 2.30. The molecule has 0 radical (unpaired) electrons. The molecule has 1 aliphatic heterocycles. The normalized spacial score (nSPS) is 22.2. The summed E-state index contributed by atoms with van der Waals surface area (Å²) >= 11 is 0. The monoisotopic (exact) mass is 220 g/mol. The number of pyridine rings is 1. The van der Waals surface area contributed by atoms with Crippen LogP contribution < -0.4 is 10.6 Å². The molecule has 1 atom stereocenters. The molecule has 2 heterocycles. The van der Waals surface area contributed by atoms with Crippen LogP contribution in [-0.4, -0.2) is 49.2 Å². The summed E-state index contributed by atoms with van der Waals surface area (Å²) in [6.45, 7) is 5.32. The Labute approximate surface area is 97.1 Å². The van der Waals surface area contributed by atoms with E-state index in [9.17, 15) is 0 Å². The van der Waals surface area contributed by atoms with Crippen LogP contribution >= 0.6 is 0 Å². The summed E-state index contributed by atoms with van der Waals surface area (Å²) in [5.41, 5.74) is 1.29. The molecule has 88 valence electrons. The lowest BCUT2D eigenvalue weighted by Crippen LogP contribution is -2.52. The molecule has 1 aromatic heterocycles. The maximum Gasteiger partial charge on any atom is 0.0320 e. The molecule has 0 spiro atoms. The predicted molar refractivity (Wildman–Crippen MR) is 65.2 cm³/mol. The number of rotatable bonds is 4. The molecule has 0 bridgehead atoms. The van der Waals surface area contributed by atoms with E-state index < -0.39 is 0 Å². The lowest BCUT2D eigenvalue weighted by atomic mass is 10.2. The van der Waals surface area contributed by atoms with Gasteiger partial charge in [0, 0.05) is 51.2 Å². The Balaban J connectivity index is 1.68. The molecule has 1 aromatic rings. The van der Waals surface area contributed by atoms with E-state index in [-0.39, 0.29) is 0 Å². The Bertz CT molecular complexity index is 301. The fourth-order valence-corrected chi connectivity index (χ4v) is 2.02.